The topological polar surface area (TPSA) is 49.4 Å². The van der Waals surface area contributed by atoms with Crippen LogP contribution in [-0.4, -0.2) is 29.8 Å². The Balaban J connectivity index is 0.00000272. The maximum Gasteiger partial charge on any atom is 0.237 e. The number of amides is 2. The van der Waals surface area contributed by atoms with Gasteiger partial charge in [-0.25, -0.2) is 8.78 Å². The summed E-state index contributed by atoms with van der Waals surface area (Å²) in [6.07, 6.45) is 1.81. The van der Waals surface area contributed by atoms with Crippen molar-refractivity contribution in [1.82, 2.24) is 10.2 Å². The van der Waals surface area contributed by atoms with E-state index in [4.69, 9.17) is 0 Å². The molecule has 0 aliphatic carbocycles. The molecule has 166 valence electrons. The van der Waals surface area contributed by atoms with Crippen LogP contribution >= 0.6 is 28.3 Å². The summed E-state index contributed by atoms with van der Waals surface area (Å²) in [5.41, 5.74) is 0.257. The van der Waals surface area contributed by atoms with Crippen LogP contribution in [0.1, 0.15) is 36.8 Å². The van der Waals surface area contributed by atoms with Crippen molar-refractivity contribution in [3.63, 3.8) is 0 Å². The number of nitrogens with zero attached hydrogens (tertiary/aromatic N) is 1. The zero-order chi connectivity index (χ0) is 21.3. The number of nitrogens with one attached hydrogen (secondary N) is 1. The minimum Gasteiger partial charge on any atom is -0.299 e. The van der Waals surface area contributed by atoms with E-state index in [1.54, 1.807) is 0 Å². The molecule has 2 saturated heterocycles. The molecular weight excluding hydrogens is 490 g/mol. The van der Waals surface area contributed by atoms with Gasteiger partial charge in [-0.05, 0) is 62.0 Å². The lowest BCUT2D eigenvalue weighted by Crippen LogP contribution is -2.57. The highest BCUT2D eigenvalue weighted by atomic mass is 79.9. The maximum absolute atomic E-state index is 14.8. The van der Waals surface area contributed by atoms with E-state index < -0.39 is 23.0 Å². The monoisotopic (exact) mass is 512 g/mol. The van der Waals surface area contributed by atoms with E-state index in [2.05, 4.69) is 38.3 Å². The van der Waals surface area contributed by atoms with Gasteiger partial charge >= 0.3 is 0 Å². The third-order valence-electron chi connectivity index (χ3n) is 6.42. The van der Waals surface area contributed by atoms with E-state index in [-0.39, 0.29) is 42.6 Å². The third-order valence-corrected chi connectivity index (χ3v) is 6.95. The van der Waals surface area contributed by atoms with Crippen LogP contribution in [0.5, 0.6) is 0 Å². The van der Waals surface area contributed by atoms with Crippen molar-refractivity contribution in [2.45, 2.75) is 37.6 Å². The maximum atomic E-state index is 14.8. The number of rotatable bonds is 4. The van der Waals surface area contributed by atoms with Gasteiger partial charge in [0.05, 0.1) is 5.41 Å². The fraction of sp³-hybridized carbons (Fsp3) is 0.391. The number of carbonyl (C=O) groups excluding carboxylic acids is 2. The van der Waals surface area contributed by atoms with Crippen LogP contribution in [0.2, 0.25) is 0 Å². The molecule has 31 heavy (non-hydrogen) atoms. The Bertz CT molecular complexity index is 965. The molecule has 1 atom stereocenters. The molecule has 2 amide bonds. The molecule has 0 saturated carbocycles. The normalized spacial score (nSPS) is 22.7. The van der Waals surface area contributed by atoms with Crippen molar-refractivity contribution >= 4 is 40.2 Å². The summed E-state index contributed by atoms with van der Waals surface area (Å²) >= 11 is 3.44. The Morgan fingerprint density at radius 3 is 2.35 bits per heavy atom. The number of hydrogen-bond donors (Lipinski definition) is 1. The molecule has 2 heterocycles. The van der Waals surface area contributed by atoms with E-state index >= 15 is 0 Å². The minimum atomic E-state index is -1.14. The summed E-state index contributed by atoms with van der Waals surface area (Å²) in [5.74, 6) is -2.33. The van der Waals surface area contributed by atoms with Gasteiger partial charge in [0.1, 0.15) is 11.6 Å². The lowest BCUT2D eigenvalue weighted by Gasteiger charge is -2.45. The largest absolute Gasteiger partial charge is 0.299 e. The number of benzene rings is 2. The zero-order valence-electron chi connectivity index (χ0n) is 16.9. The minimum absolute atomic E-state index is 0. The summed E-state index contributed by atoms with van der Waals surface area (Å²) in [5, 5.41) is 2.41. The van der Waals surface area contributed by atoms with Gasteiger partial charge in [0.15, 0.2) is 0 Å². The molecule has 0 unspecified atom stereocenters. The lowest BCUT2D eigenvalue weighted by molar-refractivity contribution is -0.140. The quantitative estimate of drug-likeness (QED) is 0.601. The first kappa shape index (κ1) is 23.8. The van der Waals surface area contributed by atoms with Crippen molar-refractivity contribution in [2.75, 3.05) is 13.1 Å². The van der Waals surface area contributed by atoms with Crippen molar-refractivity contribution in [3.05, 3.63) is 69.7 Å². The number of imide groups is 1. The molecule has 4 nitrogen and oxygen atoms in total. The summed E-state index contributed by atoms with van der Waals surface area (Å²) < 4.78 is 29.3. The number of piperidine rings is 2. The van der Waals surface area contributed by atoms with Gasteiger partial charge in [0.25, 0.3) is 0 Å². The lowest BCUT2D eigenvalue weighted by atomic mass is 9.62. The van der Waals surface area contributed by atoms with E-state index in [0.29, 0.717) is 12.8 Å². The standard InChI is InChI=1S/C23H23BrF2N2O2.ClH/c24-17-3-1-15(2-4-17)14-28-11-8-16(9-12-28)23(10-7-21(29)27-22(23)30)19-6-5-18(25)13-20(19)26;/h1-6,13,16H,7-12,14H2,(H,27,29,30);1H/t23-;/m1./s1. The molecule has 2 aliphatic heterocycles. The molecular formula is C23H24BrClF2N2O2. The summed E-state index contributed by atoms with van der Waals surface area (Å²) in [6.45, 7) is 2.35. The van der Waals surface area contributed by atoms with Gasteiger partial charge in [0, 0.05) is 29.1 Å². The molecule has 2 fully saturated rings. The van der Waals surface area contributed by atoms with Gasteiger partial charge in [0.2, 0.25) is 11.8 Å². The van der Waals surface area contributed by atoms with Gasteiger partial charge < -0.3 is 0 Å². The molecule has 2 aromatic carbocycles. The molecule has 0 bridgehead atoms. The second kappa shape index (κ2) is 9.76. The van der Waals surface area contributed by atoms with Crippen LogP contribution in [0.25, 0.3) is 0 Å². The number of likely N-dealkylation sites (tertiary alicyclic amines) is 1. The molecule has 8 heteroatoms. The molecule has 2 aromatic rings. The highest BCUT2D eigenvalue weighted by Crippen LogP contribution is 2.45. The first-order valence-corrected chi connectivity index (χ1v) is 10.9. The Kier molecular flexibility index (Phi) is 7.50. The Hall–Kier alpha value is -1.83. The second-order valence-electron chi connectivity index (χ2n) is 8.15. The van der Waals surface area contributed by atoms with Crippen molar-refractivity contribution < 1.29 is 18.4 Å². The van der Waals surface area contributed by atoms with E-state index in [1.165, 1.54) is 17.7 Å². The summed E-state index contributed by atoms with van der Waals surface area (Å²) in [7, 11) is 0. The predicted molar refractivity (Wildman–Crippen MR) is 120 cm³/mol. The average Bonchev–Trinajstić information content (AvgIpc) is 2.71. The van der Waals surface area contributed by atoms with Crippen LogP contribution in [0.15, 0.2) is 46.9 Å². The SMILES string of the molecule is Cl.O=C1CC[C@](c2ccc(F)cc2F)(C2CCN(Cc3ccc(Br)cc3)CC2)C(=O)N1. The van der Waals surface area contributed by atoms with Crippen LogP contribution < -0.4 is 5.32 Å². The molecule has 2 aliphatic rings. The summed E-state index contributed by atoms with van der Waals surface area (Å²) in [4.78, 5) is 27.2. The van der Waals surface area contributed by atoms with Crippen LogP contribution in [0.3, 0.4) is 0 Å². The van der Waals surface area contributed by atoms with Crippen molar-refractivity contribution in [1.29, 1.82) is 0 Å². The van der Waals surface area contributed by atoms with Crippen molar-refractivity contribution in [2.24, 2.45) is 5.92 Å². The zero-order valence-corrected chi connectivity index (χ0v) is 19.3. The predicted octanol–water partition coefficient (Wildman–Crippen LogP) is 4.74. The van der Waals surface area contributed by atoms with Crippen LogP contribution in [0, 0.1) is 17.6 Å². The highest BCUT2D eigenvalue weighted by molar-refractivity contribution is 9.10. The number of carbonyl (C=O) groups is 2. The highest BCUT2D eigenvalue weighted by Gasteiger charge is 2.51. The molecule has 4 rings (SSSR count). The molecule has 1 N–H and O–H groups in total. The Morgan fingerprint density at radius 2 is 1.74 bits per heavy atom. The molecule has 0 radical (unpaired) electrons. The van der Waals surface area contributed by atoms with E-state index in [9.17, 15) is 18.4 Å². The first-order chi connectivity index (χ1) is 14.4. The number of hydrogen-bond acceptors (Lipinski definition) is 3. The van der Waals surface area contributed by atoms with Crippen molar-refractivity contribution in [3.8, 4) is 0 Å². The molecule has 0 aromatic heterocycles. The molecule has 0 spiro atoms. The van der Waals surface area contributed by atoms with Gasteiger partial charge in [-0.3, -0.25) is 19.8 Å². The Morgan fingerprint density at radius 1 is 1.06 bits per heavy atom. The first-order valence-electron chi connectivity index (χ1n) is 10.1. The smallest absolute Gasteiger partial charge is 0.237 e. The Labute approximate surface area is 194 Å². The fourth-order valence-electron chi connectivity index (χ4n) is 4.87. The van der Waals surface area contributed by atoms with E-state index in [1.807, 2.05) is 12.1 Å². The summed E-state index contributed by atoms with van der Waals surface area (Å²) in [6, 6.07) is 11.6. The second-order valence-corrected chi connectivity index (χ2v) is 9.07. The van der Waals surface area contributed by atoms with Gasteiger partial charge in [-0.1, -0.05) is 34.1 Å². The van der Waals surface area contributed by atoms with Crippen LogP contribution in [-0.2, 0) is 21.5 Å². The van der Waals surface area contributed by atoms with Gasteiger partial charge in [-0.15, -0.1) is 12.4 Å². The van der Waals surface area contributed by atoms with Crippen LogP contribution in [0.4, 0.5) is 8.78 Å². The number of halogens is 4. The fourth-order valence-corrected chi connectivity index (χ4v) is 5.14. The average molecular weight is 514 g/mol. The van der Waals surface area contributed by atoms with Gasteiger partial charge in [-0.2, -0.15) is 0 Å². The third kappa shape index (κ3) is 4.83. The van der Waals surface area contributed by atoms with E-state index in [0.717, 1.165) is 30.2 Å².